The summed E-state index contributed by atoms with van der Waals surface area (Å²) in [5, 5.41) is 14.2. The van der Waals surface area contributed by atoms with E-state index >= 15 is 0 Å². The molecule has 1 saturated heterocycles. The molecule has 2 heterocycles. The van der Waals surface area contributed by atoms with Crippen molar-refractivity contribution in [1.29, 1.82) is 0 Å². The zero-order valence-electron chi connectivity index (χ0n) is 16.1. The molecule has 1 atom stereocenters. The minimum Gasteiger partial charge on any atom is -0.337 e. The lowest BCUT2D eigenvalue weighted by Crippen LogP contribution is -2.46. The molecule has 1 aliphatic heterocycles. The summed E-state index contributed by atoms with van der Waals surface area (Å²) in [7, 11) is 0. The third kappa shape index (κ3) is 4.03. The molecular weight excluding hydrogens is 340 g/mol. The summed E-state index contributed by atoms with van der Waals surface area (Å²) in [5.74, 6) is 1.91. The summed E-state index contributed by atoms with van der Waals surface area (Å²) < 4.78 is 0. The van der Waals surface area contributed by atoms with Crippen LogP contribution >= 0.6 is 0 Å². The first-order valence-corrected chi connectivity index (χ1v) is 9.99. The Labute approximate surface area is 160 Å². The highest BCUT2D eigenvalue weighted by molar-refractivity contribution is 6.00. The summed E-state index contributed by atoms with van der Waals surface area (Å²) >= 11 is 0. The molecule has 1 aromatic carbocycles. The fourth-order valence-corrected chi connectivity index (χ4v) is 4.05. The van der Waals surface area contributed by atoms with Crippen LogP contribution in [0.3, 0.4) is 0 Å². The summed E-state index contributed by atoms with van der Waals surface area (Å²) in [4.78, 5) is 18.0. The van der Waals surface area contributed by atoms with Crippen LogP contribution in [0.1, 0.15) is 43.5 Å². The fraction of sp³-hybridized carbons (Fsp3) is 0.600. The number of H-pyrrole nitrogens is 1. The average molecular weight is 368 g/mol. The second-order valence-corrected chi connectivity index (χ2v) is 8.14. The number of nitrogens with one attached hydrogen (secondary N) is 1. The van der Waals surface area contributed by atoms with E-state index in [1.54, 1.807) is 0 Å². The molecule has 1 aromatic heterocycles. The molecule has 144 valence electrons. The Hall–Kier alpha value is -2.28. The number of benzene rings is 1. The highest BCUT2D eigenvalue weighted by Crippen LogP contribution is 2.32. The van der Waals surface area contributed by atoms with Crippen molar-refractivity contribution in [1.82, 2.24) is 30.4 Å². The SMILES string of the molecule is CC(C)[C@H]1CN(C(=O)c2ccccc2-c2nn[nH]n2)CCCN1CC1CC1. The van der Waals surface area contributed by atoms with Crippen molar-refractivity contribution in [3.8, 4) is 11.4 Å². The molecular formula is C20H28N6O. The largest absolute Gasteiger partial charge is 0.337 e. The van der Waals surface area contributed by atoms with Crippen molar-refractivity contribution < 1.29 is 4.79 Å². The Kier molecular flexibility index (Phi) is 5.20. The van der Waals surface area contributed by atoms with E-state index in [1.165, 1.54) is 19.4 Å². The Morgan fingerprint density at radius 2 is 2.07 bits per heavy atom. The molecule has 7 heteroatoms. The summed E-state index contributed by atoms with van der Waals surface area (Å²) in [5.41, 5.74) is 1.38. The second-order valence-electron chi connectivity index (χ2n) is 8.14. The number of rotatable bonds is 5. The quantitative estimate of drug-likeness (QED) is 0.877. The number of hydrogen-bond donors (Lipinski definition) is 1. The van der Waals surface area contributed by atoms with Crippen molar-refractivity contribution in [2.45, 2.75) is 39.2 Å². The zero-order valence-corrected chi connectivity index (χ0v) is 16.1. The first-order valence-electron chi connectivity index (χ1n) is 9.99. The Morgan fingerprint density at radius 3 is 2.78 bits per heavy atom. The zero-order chi connectivity index (χ0) is 18.8. The molecule has 0 spiro atoms. The predicted molar refractivity (Wildman–Crippen MR) is 103 cm³/mol. The molecule has 0 radical (unpaired) electrons. The number of nitrogens with zero attached hydrogens (tertiary/aromatic N) is 5. The van der Waals surface area contributed by atoms with Gasteiger partial charge in [-0.25, -0.2) is 0 Å². The van der Waals surface area contributed by atoms with Crippen molar-refractivity contribution in [3.63, 3.8) is 0 Å². The van der Waals surface area contributed by atoms with E-state index in [4.69, 9.17) is 0 Å². The van der Waals surface area contributed by atoms with E-state index in [0.717, 1.165) is 37.5 Å². The maximum absolute atomic E-state index is 13.4. The first-order chi connectivity index (χ1) is 13.1. The van der Waals surface area contributed by atoms with Crippen LogP contribution in [0.2, 0.25) is 0 Å². The number of tetrazole rings is 1. The van der Waals surface area contributed by atoms with Gasteiger partial charge in [0.15, 0.2) is 0 Å². The monoisotopic (exact) mass is 368 g/mol. The van der Waals surface area contributed by atoms with E-state index in [9.17, 15) is 4.79 Å². The van der Waals surface area contributed by atoms with Gasteiger partial charge in [0.1, 0.15) is 0 Å². The highest BCUT2D eigenvalue weighted by atomic mass is 16.2. The number of amides is 1. The van der Waals surface area contributed by atoms with E-state index in [2.05, 4.69) is 39.4 Å². The molecule has 1 N–H and O–H groups in total. The predicted octanol–water partition coefficient (Wildman–Crippen LogP) is 2.45. The van der Waals surface area contributed by atoms with Crippen LogP contribution in [0.5, 0.6) is 0 Å². The normalized spacial score (nSPS) is 21.4. The molecule has 2 fully saturated rings. The lowest BCUT2D eigenvalue weighted by Gasteiger charge is -2.34. The maximum atomic E-state index is 13.4. The van der Waals surface area contributed by atoms with Gasteiger partial charge >= 0.3 is 0 Å². The molecule has 7 nitrogen and oxygen atoms in total. The third-order valence-corrected chi connectivity index (χ3v) is 5.74. The van der Waals surface area contributed by atoms with Gasteiger partial charge in [-0.2, -0.15) is 5.21 Å². The molecule has 27 heavy (non-hydrogen) atoms. The van der Waals surface area contributed by atoms with Crippen LogP contribution in [0.15, 0.2) is 24.3 Å². The van der Waals surface area contributed by atoms with E-state index in [1.807, 2.05) is 29.2 Å². The Bertz CT molecular complexity index is 771. The van der Waals surface area contributed by atoms with Crippen LogP contribution in [-0.2, 0) is 0 Å². The highest BCUT2D eigenvalue weighted by Gasteiger charge is 2.34. The summed E-state index contributed by atoms with van der Waals surface area (Å²) in [6.07, 6.45) is 3.75. The van der Waals surface area contributed by atoms with Crippen LogP contribution in [0, 0.1) is 11.8 Å². The molecule has 1 saturated carbocycles. The summed E-state index contributed by atoms with van der Waals surface area (Å²) in [6.45, 7) is 8.38. The van der Waals surface area contributed by atoms with Gasteiger partial charge in [0, 0.05) is 37.8 Å². The lowest BCUT2D eigenvalue weighted by molar-refractivity contribution is 0.0705. The van der Waals surface area contributed by atoms with Gasteiger partial charge in [0.25, 0.3) is 5.91 Å². The van der Waals surface area contributed by atoms with Crippen molar-refractivity contribution >= 4 is 5.91 Å². The second kappa shape index (κ2) is 7.76. The van der Waals surface area contributed by atoms with Crippen LogP contribution in [0.25, 0.3) is 11.4 Å². The van der Waals surface area contributed by atoms with Crippen LogP contribution in [-0.4, -0.2) is 68.6 Å². The maximum Gasteiger partial charge on any atom is 0.254 e. The Balaban J connectivity index is 1.57. The first kappa shape index (κ1) is 18.1. The van der Waals surface area contributed by atoms with Gasteiger partial charge in [-0.15, -0.1) is 10.2 Å². The molecule has 1 aliphatic carbocycles. The minimum atomic E-state index is 0.0642. The minimum absolute atomic E-state index is 0.0642. The van der Waals surface area contributed by atoms with Gasteiger partial charge in [-0.3, -0.25) is 9.69 Å². The summed E-state index contributed by atoms with van der Waals surface area (Å²) in [6, 6.07) is 7.96. The Morgan fingerprint density at radius 1 is 1.26 bits per heavy atom. The van der Waals surface area contributed by atoms with E-state index in [-0.39, 0.29) is 5.91 Å². The molecule has 0 bridgehead atoms. The third-order valence-electron chi connectivity index (χ3n) is 5.74. The molecule has 0 unspecified atom stereocenters. The van der Waals surface area contributed by atoms with E-state index in [0.29, 0.717) is 23.3 Å². The molecule has 4 rings (SSSR count). The lowest BCUT2D eigenvalue weighted by atomic mass is 10.0. The van der Waals surface area contributed by atoms with Gasteiger partial charge in [-0.05, 0) is 42.4 Å². The number of aromatic nitrogens is 4. The van der Waals surface area contributed by atoms with Crippen LogP contribution in [0.4, 0.5) is 0 Å². The van der Waals surface area contributed by atoms with Crippen molar-refractivity contribution in [2.75, 3.05) is 26.2 Å². The van der Waals surface area contributed by atoms with E-state index < -0.39 is 0 Å². The fourth-order valence-electron chi connectivity index (χ4n) is 4.05. The van der Waals surface area contributed by atoms with Gasteiger partial charge in [-0.1, -0.05) is 32.0 Å². The average Bonchev–Trinajstić information content (AvgIpc) is 3.38. The van der Waals surface area contributed by atoms with Crippen molar-refractivity contribution in [3.05, 3.63) is 29.8 Å². The number of aromatic amines is 1. The molecule has 1 amide bonds. The number of hydrogen-bond acceptors (Lipinski definition) is 5. The standard InChI is InChI=1S/C20H28N6O/c1-14(2)18-13-26(11-5-10-25(18)12-15-8-9-15)20(27)17-7-4-3-6-16(17)19-21-23-24-22-19/h3-4,6-7,14-15,18H,5,8-13H2,1-2H3,(H,21,22,23,24)/t18-/m1/s1. The van der Waals surface area contributed by atoms with Gasteiger partial charge < -0.3 is 4.90 Å². The molecule has 2 aromatic rings. The smallest absolute Gasteiger partial charge is 0.254 e. The van der Waals surface area contributed by atoms with Gasteiger partial charge in [0.2, 0.25) is 5.82 Å². The molecule has 2 aliphatic rings. The van der Waals surface area contributed by atoms with Crippen LogP contribution < -0.4 is 0 Å². The van der Waals surface area contributed by atoms with Gasteiger partial charge in [0.05, 0.1) is 5.56 Å². The number of carbonyl (C=O) groups excluding carboxylic acids is 1. The topological polar surface area (TPSA) is 78.0 Å². The van der Waals surface area contributed by atoms with Crippen molar-refractivity contribution in [2.24, 2.45) is 11.8 Å². The number of carbonyl (C=O) groups is 1.